The van der Waals surface area contributed by atoms with Gasteiger partial charge in [0, 0.05) is 5.56 Å². The minimum absolute atomic E-state index is 0.167. The molecule has 1 aliphatic carbocycles. The predicted octanol–water partition coefficient (Wildman–Crippen LogP) is 1.86. The number of carboxylic acid groups (broad SMARTS) is 1. The van der Waals surface area contributed by atoms with Crippen LogP contribution < -0.4 is 0 Å². The Balaban J connectivity index is 2.20. The van der Waals surface area contributed by atoms with Crippen LogP contribution in [0.25, 0.3) is 0 Å². The summed E-state index contributed by atoms with van der Waals surface area (Å²) in [6, 6.07) is 7.56. The highest BCUT2D eigenvalue weighted by molar-refractivity contribution is 5.75. The van der Waals surface area contributed by atoms with Gasteiger partial charge < -0.3 is 5.11 Å². The Morgan fingerprint density at radius 1 is 1.57 bits per heavy atom. The summed E-state index contributed by atoms with van der Waals surface area (Å²) in [6.07, 6.45) is 6.01. The van der Waals surface area contributed by atoms with Gasteiger partial charge in [-0.2, -0.15) is 0 Å². The monoisotopic (exact) mass is 186 g/mol. The van der Waals surface area contributed by atoms with E-state index in [-0.39, 0.29) is 11.8 Å². The van der Waals surface area contributed by atoms with Crippen molar-refractivity contribution < 1.29 is 9.90 Å². The van der Waals surface area contributed by atoms with Crippen molar-refractivity contribution in [1.82, 2.24) is 0 Å². The van der Waals surface area contributed by atoms with Gasteiger partial charge in [-0.25, -0.2) is 0 Å². The molecule has 0 aliphatic heterocycles. The van der Waals surface area contributed by atoms with Gasteiger partial charge in [0.05, 0.1) is 5.92 Å². The second kappa shape index (κ2) is 3.19. The predicted molar refractivity (Wildman–Crippen MR) is 52.9 cm³/mol. The molecule has 0 bridgehead atoms. The zero-order valence-corrected chi connectivity index (χ0v) is 7.60. The standard InChI is InChI=1S/C12H10O2/c1-2-8-4-3-5-9(6-8)10-7-11(10)12(13)14/h1,3-6,10-11H,7H2,(H,13,14)/t10-,11+/m0/s1. The van der Waals surface area contributed by atoms with E-state index in [4.69, 9.17) is 11.5 Å². The summed E-state index contributed by atoms with van der Waals surface area (Å²) in [5, 5.41) is 8.77. The minimum atomic E-state index is -0.707. The zero-order chi connectivity index (χ0) is 10.1. The van der Waals surface area contributed by atoms with Crippen LogP contribution in [-0.4, -0.2) is 11.1 Å². The Morgan fingerprint density at radius 2 is 2.36 bits per heavy atom. The van der Waals surface area contributed by atoms with Gasteiger partial charge >= 0.3 is 5.97 Å². The summed E-state index contributed by atoms with van der Waals surface area (Å²) in [7, 11) is 0. The first kappa shape index (κ1) is 8.83. The summed E-state index contributed by atoms with van der Waals surface area (Å²) in [5.41, 5.74) is 1.87. The van der Waals surface area contributed by atoms with Crippen molar-refractivity contribution in [2.24, 2.45) is 5.92 Å². The van der Waals surface area contributed by atoms with Crippen molar-refractivity contribution >= 4 is 5.97 Å². The van der Waals surface area contributed by atoms with Crippen LogP contribution in [0.4, 0.5) is 0 Å². The third-order valence-corrected chi connectivity index (χ3v) is 2.59. The summed E-state index contributed by atoms with van der Waals surface area (Å²) in [6.45, 7) is 0. The Kier molecular flexibility index (Phi) is 2.01. The van der Waals surface area contributed by atoms with Crippen molar-refractivity contribution in [3.63, 3.8) is 0 Å². The summed E-state index contributed by atoms with van der Waals surface area (Å²) in [4.78, 5) is 10.7. The average Bonchev–Trinajstić information content (AvgIpc) is 2.97. The maximum Gasteiger partial charge on any atom is 0.307 e. The highest BCUT2D eigenvalue weighted by atomic mass is 16.4. The lowest BCUT2D eigenvalue weighted by Gasteiger charge is -1.98. The molecule has 1 aromatic rings. The Bertz CT molecular complexity index is 415. The largest absolute Gasteiger partial charge is 0.481 e. The molecule has 70 valence electrons. The van der Waals surface area contributed by atoms with Crippen molar-refractivity contribution in [3.05, 3.63) is 35.4 Å². The molecule has 1 fully saturated rings. The van der Waals surface area contributed by atoms with Gasteiger partial charge in [-0.15, -0.1) is 6.42 Å². The van der Waals surface area contributed by atoms with Crippen LogP contribution in [0.2, 0.25) is 0 Å². The van der Waals surface area contributed by atoms with Gasteiger partial charge in [-0.05, 0) is 30.0 Å². The van der Waals surface area contributed by atoms with E-state index >= 15 is 0 Å². The SMILES string of the molecule is C#Cc1cccc([C@@H]2C[C@H]2C(=O)O)c1. The Hall–Kier alpha value is -1.75. The fourth-order valence-electron chi connectivity index (χ4n) is 1.70. The first-order valence-electron chi connectivity index (χ1n) is 4.51. The summed E-state index contributed by atoms with van der Waals surface area (Å²) < 4.78 is 0. The lowest BCUT2D eigenvalue weighted by Crippen LogP contribution is -1.98. The van der Waals surface area contributed by atoms with Gasteiger partial charge in [0.2, 0.25) is 0 Å². The van der Waals surface area contributed by atoms with E-state index in [9.17, 15) is 4.79 Å². The molecular weight excluding hydrogens is 176 g/mol. The molecule has 0 heterocycles. The van der Waals surface area contributed by atoms with Crippen molar-refractivity contribution in [2.45, 2.75) is 12.3 Å². The van der Waals surface area contributed by atoms with Crippen molar-refractivity contribution in [1.29, 1.82) is 0 Å². The van der Waals surface area contributed by atoms with Gasteiger partial charge in [0.15, 0.2) is 0 Å². The lowest BCUT2D eigenvalue weighted by atomic mass is 10.1. The van der Waals surface area contributed by atoms with E-state index in [0.29, 0.717) is 0 Å². The second-order valence-electron chi connectivity index (χ2n) is 3.56. The van der Waals surface area contributed by atoms with Gasteiger partial charge in [-0.3, -0.25) is 4.79 Å². The number of carbonyl (C=O) groups is 1. The van der Waals surface area contributed by atoms with Gasteiger partial charge in [-0.1, -0.05) is 18.1 Å². The first-order chi connectivity index (χ1) is 6.72. The van der Waals surface area contributed by atoms with Crippen LogP contribution in [0.5, 0.6) is 0 Å². The zero-order valence-electron chi connectivity index (χ0n) is 7.60. The number of carboxylic acids is 1. The molecule has 14 heavy (non-hydrogen) atoms. The Labute approximate surface area is 82.6 Å². The van der Waals surface area contributed by atoms with Crippen molar-refractivity contribution in [2.75, 3.05) is 0 Å². The van der Waals surface area contributed by atoms with E-state index in [1.54, 1.807) is 0 Å². The smallest absolute Gasteiger partial charge is 0.307 e. The highest BCUT2D eigenvalue weighted by Gasteiger charge is 2.44. The summed E-state index contributed by atoms with van der Waals surface area (Å²) >= 11 is 0. The van der Waals surface area contributed by atoms with E-state index in [1.165, 1.54) is 0 Å². The minimum Gasteiger partial charge on any atom is -0.481 e. The van der Waals surface area contributed by atoms with Crippen molar-refractivity contribution in [3.8, 4) is 12.3 Å². The van der Waals surface area contributed by atoms with Crippen LogP contribution in [0.3, 0.4) is 0 Å². The molecule has 1 aromatic carbocycles. The van der Waals surface area contributed by atoms with Crippen LogP contribution in [-0.2, 0) is 4.79 Å². The fraction of sp³-hybridized carbons (Fsp3) is 0.250. The molecule has 0 unspecified atom stereocenters. The molecule has 2 heteroatoms. The first-order valence-corrected chi connectivity index (χ1v) is 4.51. The number of aliphatic carboxylic acids is 1. The van der Waals surface area contributed by atoms with E-state index in [0.717, 1.165) is 17.5 Å². The lowest BCUT2D eigenvalue weighted by molar-refractivity contribution is -0.138. The van der Waals surface area contributed by atoms with Crippen LogP contribution >= 0.6 is 0 Å². The molecule has 0 radical (unpaired) electrons. The molecule has 0 spiro atoms. The summed E-state index contributed by atoms with van der Waals surface area (Å²) in [5.74, 6) is 1.80. The van der Waals surface area contributed by atoms with E-state index in [1.807, 2.05) is 24.3 Å². The van der Waals surface area contributed by atoms with E-state index in [2.05, 4.69) is 5.92 Å². The molecule has 0 saturated heterocycles. The van der Waals surface area contributed by atoms with E-state index < -0.39 is 5.97 Å². The molecule has 1 aliphatic rings. The molecule has 2 atom stereocenters. The molecule has 2 rings (SSSR count). The molecule has 2 nitrogen and oxygen atoms in total. The topological polar surface area (TPSA) is 37.3 Å². The quantitative estimate of drug-likeness (QED) is 0.716. The molecule has 0 amide bonds. The molecule has 0 aromatic heterocycles. The third-order valence-electron chi connectivity index (χ3n) is 2.59. The normalized spacial score (nSPS) is 23.9. The molecular formula is C12H10O2. The highest BCUT2D eigenvalue weighted by Crippen LogP contribution is 2.47. The van der Waals surface area contributed by atoms with Gasteiger partial charge in [0.25, 0.3) is 0 Å². The number of terminal acetylenes is 1. The second-order valence-corrected chi connectivity index (χ2v) is 3.56. The number of rotatable bonds is 2. The number of hydrogen-bond acceptors (Lipinski definition) is 1. The average molecular weight is 186 g/mol. The maximum atomic E-state index is 10.7. The Morgan fingerprint density at radius 3 is 2.93 bits per heavy atom. The third kappa shape index (κ3) is 1.49. The van der Waals surface area contributed by atoms with Crippen LogP contribution in [0.15, 0.2) is 24.3 Å². The van der Waals surface area contributed by atoms with Crippen LogP contribution in [0.1, 0.15) is 23.5 Å². The number of benzene rings is 1. The molecule has 1 saturated carbocycles. The fourth-order valence-corrected chi connectivity index (χ4v) is 1.70. The van der Waals surface area contributed by atoms with Gasteiger partial charge in [0.1, 0.15) is 0 Å². The maximum absolute atomic E-state index is 10.7. The molecule has 1 N–H and O–H groups in total. The van der Waals surface area contributed by atoms with Crippen LogP contribution in [0, 0.1) is 18.3 Å². The number of hydrogen-bond donors (Lipinski definition) is 1.